The topological polar surface area (TPSA) is 78.3 Å². The van der Waals surface area contributed by atoms with Gasteiger partial charge in [-0.05, 0) is 55.5 Å². The van der Waals surface area contributed by atoms with Crippen LogP contribution in [0.1, 0.15) is 16.1 Å². The van der Waals surface area contributed by atoms with Crippen LogP contribution in [0.2, 0.25) is 10.0 Å². The zero-order chi connectivity index (χ0) is 22.4. The Morgan fingerprint density at radius 1 is 1.06 bits per heavy atom. The van der Waals surface area contributed by atoms with Gasteiger partial charge in [0, 0.05) is 15.5 Å². The molecule has 1 aromatic heterocycles. The third kappa shape index (κ3) is 3.88. The van der Waals surface area contributed by atoms with E-state index in [4.69, 9.17) is 27.6 Å². The fourth-order valence-corrected chi connectivity index (χ4v) is 4.46. The van der Waals surface area contributed by atoms with Gasteiger partial charge in [0.15, 0.2) is 6.29 Å². The summed E-state index contributed by atoms with van der Waals surface area (Å²) in [4.78, 5) is 13.1. The van der Waals surface area contributed by atoms with Crippen molar-refractivity contribution in [1.29, 1.82) is 0 Å². The van der Waals surface area contributed by atoms with E-state index in [1.165, 1.54) is 0 Å². The van der Waals surface area contributed by atoms with Gasteiger partial charge in [-0.15, -0.1) is 0 Å². The molecule has 0 saturated carbocycles. The highest BCUT2D eigenvalue weighted by Crippen LogP contribution is 2.41. The van der Waals surface area contributed by atoms with E-state index in [2.05, 4.69) is 37.2 Å². The largest absolute Gasteiger partial charge is 0.460 e. The number of fused-ring (bicyclic) bond motifs is 3. The first-order chi connectivity index (χ1) is 15.4. The number of benzene rings is 3. The quantitative estimate of drug-likeness (QED) is 0.222. The Kier molecular flexibility index (Phi) is 5.41. The summed E-state index contributed by atoms with van der Waals surface area (Å²) in [6.45, 7) is 1.85. The van der Waals surface area contributed by atoms with Gasteiger partial charge in [-0.1, -0.05) is 45.2 Å². The molecular weight excluding hydrogens is 515 g/mol. The number of halogens is 3. The Morgan fingerprint density at radius 2 is 1.78 bits per heavy atom. The van der Waals surface area contributed by atoms with E-state index in [-0.39, 0.29) is 12.2 Å². The molecule has 4 aromatic rings. The van der Waals surface area contributed by atoms with Crippen LogP contribution < -0.4 is 21.3 Å². The molecule has 32 heavy (non-hydrogen) atoms. The molecule has 0 bridgehead atoms. The summed E-state index contributed by atoms with van der Waals surface area (Å²) in [5, 5.41) is 14.7. The molecule has 162 valence electrons. The number of amides is 1. The van der Waals surface area contributed by atoms with E-state index < -0.39 is 0 Å². The number of anilines is 4. The van der Waals surface area contributed by atoms with Gasteiger partial charge in [-0.25, -0.2) is 0 Å². The highest BCUT2D eigenvalue weighted by Gasteiger charge is 2.27. The molecule has 3 aromatic carbocycles. The van der Waals surface area contributed by atoms with Crippen molar-refractivity contribution in [2.75, 3.05) is 21.3 Å². The second-order valence-electron chi connectivity index (χ2n) is 7.37. The van der Waals surface area contributed by atoms with Gasteiger partial charge in [-0.2, -0.15) is 0 Å². The highest BCUT2D eigenvalue weighted by atomic mass is 79.9. The molecule has 0 aliphatic carbocycles. The molecule has 0 fully saturated rings. The summed E-state index contributed by atoms with van der Waals surface area (Å²) < 4.78 is 6.83. The van der Waals surface area contributed by atoms with Crippen molar-refractivity contribution in [3.8, 4) is 0 Å². The Bertz CT molecular complexity index is 1330. The maximum atomic E-state index is 13.1. The first-order valence-electron chi connectivity index (χ1n) is 9.77. The average Bonchev–Trinajstić information content (AvgIpc) is 3.34. The van der Waals surface area contributed by atoms with Crippen LogP contribution >= 0.6 is 39.1 Å². The predicted octanol–water partition coefficient (Wildman–Crippen LogP) is 7.30. The monoisotopic (exact) mass is 530 g/mol. The number of para-hydroxylation sites is 1. The number of hydrogen-bond donors (Lipinski definition) is 4. The van der Waals surface area contributed by atoms with Gasteiger partial charge in [0.25, 0.3) is 5.91 Å². The van der Waals surface area contributed by atoms with Gasteiger partial charge in [0.1, 0.15) is 11.3 Å². The molecule has 1 amide bonds. The van der Waals surface area contributed by atoms with Crippen LogP contribution in [-0.4, -0.2) is 12.2 Å². The molecule has 0 saturated heterocycles. The lowest BCUT2D eigenvalue weighted by atomic mass is 10.1. The maximum Gasteiger partial charge on any atom is 0.259 e. The van der Waals surface area contributed by atoms with E-state index in [1.54, 1.807) is 24.3 Å². The fourth-order valence-electron chi connectivity index (χ4n) is 3.68. The SMILES string of the molecule is Cc1cc2c3c(cc(C(=O)Nc4ccc(Br)cc4)c2o1)NC(Nc1c(Cl)cccc1Cl)N3. The van der Waals surface area contributed by atoms with Crippen molar-refractivity contribution >= 4 is 78.8 Å². The zero-order valence-electron chi connectivity index (χ0n) is 16.7. The lowest BCUT2D eigenvalue weighted by Crippen LogP contribution is -2.31. The van der Waals surface area contributed by atoms with Crippen LogP contribution in [0.25, 0.3) is 11.0 Å². The normalized spacial score (nSPS) is 14.6. The molecule has 0 spiro atoms. The standard InChI is InChI=1S/C23H17BrCl2N4O2/c1-11-9-14-19-18(28-23(29-19)30-20-16(25)3-2-4-17(20)26)10-15(21(14)32-11)22(31)27-13-7-5-12(24)6-8-13/h2-10,23,28-30H,1H3,(H,27,31). The van der Waals surface area contributed by atoms with Gasteiger partial charge < -0.3 is 25.7 Å². The summed E-state index contributed by atoms with van der Waals surface area (Å²) in [6, 6.07) is 16.4. The van der Waals surface area contributed by atoms with E-state index >= 15 is 0 Å². The van der Waals surface area contributed by atoms with Crippen molar-refractivity contribution in [2.45, 2.75) is 13.2 Å². The molecule has 1 atom stereocenters. The van der Waals surface area contributed by atoms with Crippen LogP contribution in [-0.2, 0) is 0 Å². The molecule has 4 N–H and O–H groups in total. The maximum absolute atomic E-state index is 13.1. The minimum Gasteiger partial charge on any atom is -0.460 e. The second-order valence-corrected chi connectivity index (χ2v) is 9.10. The Hall–Kier alpha value is -2.87. The number of rotatable bonds is 4. The molecule has 0 radical (unpaired) electrons. The van der Waals surface area contributed by atoms with Crippen LogP contribution in [0.15, 0.2) is 63.5 Å². The summed E-state index contributed by atoms with van der Waals surface area (Å²) in [5.41, 5.74) is 3.84. The summed E-state index contributed by atoms with van der Waals surface area (Å²) >= 11 is 16.0. The van der Waals surface area contributed by atoms with E-state index in [1.807, 2.05) is 37.3 Å². The van der Waals surface area contributed by atoms with E-state index in [9.17, 15) is 4.79 Å². The molecule has 6 nitrogen and oxygen atoms in total. The lowest BCUT2D eigenvalue weighted by molar-refractivity contribution is 0.102. The van der Waals surface area contributed by atoms with Gasteiger partial charge in [0.2, 0.25) is 0 Å². The van der Waals surface area contributed by atoms with Gasteiger partial charge in [-0.3, -0.25) is 4.79 Å². The number of nitrogens with one attached hydrogen (secondary N) is 4. The first kappa shape index (κ1) is 21.0. The fraction of sp³-hybridized carbons (Fsp3) is 0.0870. The van der Waals surface area contributed by atoms with E-state index in [0.29, 0.717) is 38.3 Å². The average molecular weight is 532 g/mol. The molecule has 5 rings (SSSR count). The van der Waals surface area contributed by atoms with Crippen molar-refractivity contribution in [2.24, 2.45) is 0 Å². The number of carbonyl (C=O) groups excluding carboxylic acids is 1. The number of carbonyl (C=O) groups is 1. The van der Waals surface area contributed by atoms with Crippen LogP contribution in [0.5, 0.6) is 0 Å². The lowest BCUT2D eigenvalue weighted by Gasteiger charge is -2.17. The highest BCUT2D eigenvalue weighted by molar-refractivity contribution is 9.10. The zero-order valence-corrected chi connectivity index (χ0v) is 19.8. The Balaban J connectivity index is 1.48. The third-order valence-electron chi connectivity index (χ3n) is 5.11. The molecular formula is C23H17BrCl2N4O2. The Morgan fingerprint density at radius 3 is 2.50 bits per heavy atom. The molecule has 1 aliphatic heterocycles. The minimum atomic E-state index is -0.384. The minimum absolute atomic E-state index is 0.262. The number of aryl methyl sites for hydroxylation is 1. The summed E-state index contributed by atoms with van der Waals surface area (Å²) in [5.74, 6) is 0.445. The van der Waals surface area contributed by atoms with E-state index in [0.717, 1.165) is 21.2 Å². The second kappa shape index (κ2) is 8.24. The number of furan rings is 1. The van der Waals surface area contributed by atoms with Crippen LogP contribution in [0.3, 0.4) is 0 Å². The summed E-state index contributed by atoms with van der Waals surface area (Å²) in [6.07, 6.45) is -0.384. The summed E-state index contributed by atoms with van der Waals surface area (Å²) in [7, 11) is 0. The van der Waals surface area contributed by atoms with Crippen molar-refractivity contribution < 1.29 is 9.21 Å². The van der Waals surface area contributed by atoms with Crippen molar-refractivity contribution in [3.63, 3.8) is 0 Å². The predicted molar refractivity (Wildman–Crippen MR) is 134 cm³/mol. The first-order valence-corrected chi connectivity index (χ1v) is 11.3. The van der Waals surface area contributed by atoms with Crippen molar-refractivity contribution in [3.05, 3.63) is 80.4 Å². The van der Waals surface area contributed by atoms with Crippen molar-refractivity contribution in [1.82, 2.24) is 0 Å². The molecule has 2 heterocycles. The molecule has 1 unspecified atom stereocenters. The van der Waals surface area contributed by atoms with Gasteiger partial charge in [0.05, 0.1) is 32.7 Å². The number of hydrogen-bond acceptors (Lipinski definition) is 5. The Labute approximate surface area is 202 Å². The molecule has 1 aliphatic rings. The van der Waals surface area contributed by atoms with Gasteiger partial charge >= 0.3 is 0 Å². The smallest absolute Gasteiger partial charge is 0.259 e. The molecule has 9 heteroatoms. The third-order valence-corrected chi connectivity index (χ3v) is 6.27. The van der Waals surface area contributed by atoms with Crippen LogP contribution in [0.4, 0.5) is 22.7 Å². The van der Waals surface area contributed by atoms with Crippen LogP contribution in [0, 0.1) is 6.92 Å².